The molecule has 0 aliphatic heterocycles. The highest BCUT2D eigenvalue weighted by molar-refractivity contribution is 9.10. The van der Waals surface area contributed by atoms with E-state index >= 15 is 0 Å². The van der Waals surface area contributed by atoms with Gasteiger partial charge in [0.15, 0.2) is 0 Å². The number of hydrogen-bond donors (Lipinski definition) is 0. The highest BCUT2D eigenvalue weighted by atomic mass is 79.9. The third-order valence-corrected chi connectivity index (χ3v) is 4.45. The SMILES string of the molecule is Brc1ccccc1Cc1nc(-c2ccncc2)cs1. The number of halogens is 1. The molecule has 0 aliphatic rings. The van der Waals surface area contributed by atoms with Gasteiger partial charge in [-0.3, -0.25) is 4.98 Å². The Hall–Kier alpha value is -1.52. The lowest BCUT2D eigenvalue weighted by Crippen LogP contribution is -1.88. The molecule has 3 aromatic rings. The van der Waals surface area contributed by atoms with E-state index < -0.39 is 0 Å². The Morgan fingerprint density at radius 2 is 1.84 bits per heavy atom. The van der Waals surface area contributed by atoms with Crippen molar-refractivity contribution in [3.05, 3.63) is 69.2 Å². The summed E-state index contributed by atoms with van der Waals surface area (Å²) in [5.41, 5.74) is 3.40. The fourth-order valence-electron chi connectivity index (χ4n) is 1.85. The topological polar surface area (TPSA) is 25.8 Å². The Labute approximate surface area is 124 Å². The summed E-state index contributed by atoms with van der Waals surface area (Å²) < 4.78 is 1.13. The van der Waals surface area contributed by atoms with Gasteiger partial charge in [0, 0.05) is 34.2 Å². The zero-order valence-electron chi connectivity index (χ0n) is 10.1. The minimum atomic E-state index is 0.858. The van der Waals surface area contributed by atoms with E-state index in [9.17, 15) is 0 Å². The maximum absolute atomic E-state index is 4.69. The van der Waals surface area contributed by atoms with E-state index in [1.807, 2.05) is 18.2 Å². The fraction of sp³-hybridized carbons (Fsp3) is 0.0667. The standard InChI is InChI=1S/C15H11BrN2S/c16-13-4-2-1-3-12(13)9-15-18-14(10-19-15)11-5-7-17-8-6-11/h1-8,10H,9H2. The van der Waals surface area contributed by atoms with E-state index in [1.165, 1.54) is 5.56 Å². The van der Waals surface area contributed by atoms with E-state index in [-0.39, 0.29) is 0 Å². The van der Waals surface area contributed by atoms with E-state index in [2.05, 4.69) is 49.5 Å². The molecule has 0 amide bonds. The summed E-state index contributed by atoms with van der Waals surface area (Å²) in [6.45, 7) is 0. The first kappa shape index (κ1) is 12.5. The van der Waals surface area contributed by atoms with Crippen LogP contribution in [0.15, 0.2) is 58.6 Å². The van der Waals surface area contributed by atoms with Crippen molar-refractivity contribution in [2.45, 2.75) is 6.42 Å². The molecule has 1 aromatic carbocycles. The summed E-state index contributed by atoms with van der Waals surface area (Å²) in [6.07, 6.45) is 4.45. The molecule has 0 spiro atoms. The average Bonchev–Trinajstić information content (AvgIpc) is 2.91. The van der Waals surface area contributed by atoms with Crippen LogP contribution >= 0.6 is 27.3 Å². The summed E-state index contributed by atoms with van der Waals surface area (Å²) >= 11 is 5.27. The quantitative estimate of drug-likeness (QED) is 0.703. The van der Waals surface area contributed by atoms with Gasteiger partial charge in [0.1, 0.15) is 0 Å². The van der Waals surface area contributed by atoms with E-state index in [0.717, 1.165) is 27.2 Å². The molecule has 0 unspecified atom stereocenters. The highest BCUT2D eigenvalue weighted by Crippen LogP contribution is 2.25. The summed E-state index contributed by atoms with van der Waals surface area (Å²) in [7, 11) is 0. The van der Waals surface area contributed by atoms with Crippen LogP contribution in [0.5, 0.6) is 0 Å². The van der Waals surface area contributed by atoms with E-state index in [4.69, 9.17) is 0 Å². The molecule has 0 saturated carbocycles. The van der Waals surface area contributed by atoms with Gasteiger partial charge in [-0.25, -0.2) is 4.98 Å². The summed E-state index contributed by atoms with van der Waals surface area (Å²) in [6, 6.07) is 12.2. The van der Waals surface area contributed by atoms with Gasteiger partial charge in [-0.05, 0) is 23.8 Å². The van der Waals surface area contributed by atoms with Gasteiger partial charge >= 0.3 is 0 Å². The van der Waals surface area contributed by atoms with Crippen LogP contribution in [0.4, 0.5) is 0 Å². The lowest BCUT2D eigenvalue weighted by molar-refractivity contribution is 1.13. The van der Waals surface area contributed by atoms with Gasteiger partial charge in [0.2, 0.25) is 0 Å². The molecular weight excluding hydrogens is 320 g/mol. The van der Waals surface area contributed by atoms with Crippen molar-refractivity contribution in [2.24, 2.45) is 0 Å². The van der Waals surface area contributed by atoms with Crippen LogP contribution in [0.2, 0.25) is 0 Å². The monoisotopic (exact) mass is 330 g/mol. The molecule has 0 N–H and O–H groups in total. The Morgan fingerprint density at radius 1 is 1.05 bits per heavy atom. The smallest absolute Gasteiger partial charge is 0.0976 e. The van der Waals surface area contributed by atoms with Gasteiger partial charge in [0.25, 0.3) is 0 Å². The molecule has 0 aliphatic carbocycles. The van der Waals surface area contributed by atoms with Crippen LogP contribution < -0.4 is 0 Å². The fourth-order valence-corrected chi connectivity index (χ4v) is 3.10. The second kappa shape index (κ2) is 5.63. The van der Waals surface area contributed by atoms with Gasteiger partial charge in [-0.1, -0.05) is 34.1 Å². The number of hydrogen-bond acceptors (Lipinski definition) is 3. The van der Waals surface area contributed by atoms with Crippen molar-refractivity contribution >= 4 is 27.3 Å². The third-order valence-electron chi connectivity index (χ3n) is 2.83. The molecule has 3 rings (SSSR count). The average molecular weight is 331 g/mol. The Morgan fingerprint density at radius 3 is 2.63 bits per heavy atom. The summed E-state index contributed by atoms with van der Waals surface area (Å²) in [5.74, 6) is 0. The molecule has 0 saturated heterocycles. The van der Waals surface area contributed by atoms with Gasteiger partial charge in [-0.15, -0.1) is 11.3 Å². The molecular formula is C15H11BrN2S. The third kappa shape index (κ3) is 2.91. The van der Waals surface area contributed by atoms with Crippen LogP contribution in [-0.2, 0) is 6.42 Å². The molecule has 0 atom stereocenters. The molecule has 2 nitrogen and oxygen atoms in total. The maximum atomic E-state index is 4.69. The first-order chi connectivity index (χ1) is 9.33. The second-order valence-electron chi connectivity index (χ2n) is 4.13. The number of pyridine rings is 1. The molecule has 2 aromatic heterocycles. The highest BCUT2D eigenvalue weighted by Gasteiger charge is 2.06. The molecule has 2 heterocycles. The number of nitrogens with zero attached hydrogens (tertiary/aromatic N) is 2. The van der Waals surface area contributed by atoms with Crippen molar-refractivity contribution in [1.82, 2.24) is 9.97 Å². The number of benzene rings is 1. The van der Waals surface area contributed by atoms with Crippen LogP contribution in [-0.4, -0.2) is 9.97 Å². The number of aromatic nitrogens is 2. The maximum Gasteiger partial charge on any atom is 0.0976 e. The largest absolute Gasteiger partial charge is 0.265 e. The van der Waals surface area contributed by atoms with Gasteiger partial charge in [-0.2, -0.15) is 0 Å². The molecule has 94 valence electrons. The predicted molar refractivity (Wildman–Crippen MR) is 82.3 cm³/mol. The molecule has 0 fully saturated rings. The summed E-state index contributed by atoms with van der Waals surface area (Å²) in [4.78, 5) is 8.71. The van der Waals surface area contributed by atoms with Gasteiger partial charge in [0.05, 0.1) is 10.7 Å². The Balaban J connectivity index is 1.85. The number of rotatable bonds is 3. The molecule has 0 bridgehead atoms. The predicted octanol–water partition coefficient (Wildman–Crippen LogP) is 4.56. The second-order valence-corrected chi connectivity index (χ2v) is 5.93. The van der Waals surface area contributed by atoms with Gasteiger partial charge < -0.3 is 0 Å². The van der Waals surface area contributed by atoms with Crippen molar-refractivity contribution < 1.29 is 0 Å². The molecule has 4 heteroatoms. The van der Waals surface area contributed by atoms with E-state index in [1.54, 1.807) is 23.7 Å². The van der Waals surface area contributed by atoms with E-state index in [0.29, 0.717) is 0 Å². The molecule has 19 heavy (non-hydrogen) atoms. The Bertz CT molecular complexity index is 679. The van der Waals surface area contributed by atoms with Crippen molar-refractivity contribution in [3.8, 4) is 11.3 Å². The van der Waals surface area contributed by atoms with Crippen molar-refractivity contribution in [1.29, 1.82) is 0 Å². The van der Waals surface area contributed by atoms with Crippen LogP contribution in [0, 0.1) is 0 Å². The first-order valence-electron chi connectivity index (χ1n) is 5.91. The van der Waals surface area contributed by atoms with Crippen LogP contribution in [0.1, 0.15) is 10.6 Å². The number of thiazole rings is 1. The zero-order valence-corrected chi connectivity index (χ0v) is 12.5. The lowest BCUT2D eigenvalue weighted by Gasteiger charge is -2.00. The lowest BCUT2D eigenvalue weighted by atomic mass is 10.1. The van der Waals surface area contributed by atoms with Crippen LogP contribution in [0.25, 0.3) is 11.3 Å². The van der Waals surface area contributed by atoms with Crippen LogP contribution in [0.3, 0.4) is 0 Å². The Kier molecular flexibility index (Phi) is 3.71. The van der Waals surface area contributed by atoms with Crippen molar-refractivity contribution in [3.63, 3.8) is 0 Å². The minimum Gasteiger partial charge on any atom is -0.265 e. The minimum absolute atomic E-state index is 0.858. The normalized spacial score (nSPS) is 10.6. The zero-order chi connectivity index (χ0) is 13.1. The van der Waals surface area contributed by atoms with Crippen molar-refractivity contribution in [2.75, 3.05) is 0 Å². The first-order valence-corrected chi connectivity index (χ1v) is 7.58. The summed E-state index contributed by atoms with van der Waals surface area (Å²) in [5, 5.41) is 3.22. The molecule has 0 radical (unpaired) electrons.